The Morgan fingerprint density at radius 3 is 2.32 bits per heavy atom. The summed E-state index contributed by atoms with van der Waals surface area (Å²) in [7, 11) is 0. The van der Waals surface area contributed by atoms with Crippen LogP contribution in [0.1, 0.15) is 36.6 Å². The minimum absolute atomic E-state index is 0.508. The first-order valence-electron chi connectivity index (χ1n) is 7.56. The Labute approximate surface area is 131 Å². The quantitative estimate of drug-likeness (QED) is 0.668. The van der Waals surface area contributed by atoms with Crippen molar-refractivity contribution in [2.24, 2.45) is 0 Å². The standard InChI is InChI=1S/C19H20N2O/c1-12(2)16-10-9-15(11-13(16)3)22-19-18-8-6-5-7-17(18)14(4)20-21-19/h5-12H,1-4H3. The molecule has 0 saturated carbocycles. The zero-order chi connectivity index (χ0) is 15.7. The van der Waals surface area contributed by atoms with Gasteiger partial charge in [0.25, 0.3) is 0 Å². The van der Waals surface area contributed by atoms with Crippen LogP contribution in [0, 0.1) is 13.8 Å². The van der Waals surface area contributed by atoms with E-state index < -0.39 is 0 Å². The molecule has 3 nitrogen and oxygen atoms in total. The van der Waals surface area contributed by atoms with Crippen LogP contribution < -0.4 is 4.74 Å². The molecule has 0 amide bonds. The number of ether oxygens (including phenoxy) is 1. The summed E-state index contributed by atoms with van der Waals surface area (Å²) >= 11 is 0. The molecule has 0 aliphatic rings. The van der Waals surface area contributed by atoms with Crippen molar-refractivity contribution in [2.75, 3.05) is 0 Å². The van der Waals surface area contributed by atoms with Gasteiger partial charge in [-0.05, 0) is 49.1 Å². The SMILES string of the molecule is Cc1cc(Oc2nnc(C)c3ccccc23)ccc1C(C)C. The van der Waals surface area contributed by atoms with Gasteiger partial charge >= 0.3 is 0 Å². The van der Waals surface area contributed by atoms with E-state index in [0.29, 0.717) is 11.8 Å². The molecule has 0 fully saturated rings. The number of fused-ring (bicyclic) bond motifs is 1. The third-order valence-electron chi connectivity index (χ3n) is 3.92. The number of hydrogen-bond acceptors (Lipinski definition) is 3. The topological polar surface area (TPSA) is 35.0 Å². The van der Waals surface area contributed by atoms with Crippen molar-refractivity contribution in [3.05, 3.63) is 59.3 Å². The third-order valence-corrected chi connectivity index (χ3v) is 3.92. The number of rotatable bonds is 3. The Morgan fingerprint density at radius 2 is 1.64 bits per heavy atom. The van der Waals surface area contributed by atoms with Crippen molar-refractivity contribution in [3.8, 4) is 11.6 Å². The molecule has 3 rings (SSSR count). The highest BCUT2D eigenvalue weighted by Gasteiger charge is 2.10. The number of aromatic nitrogens is 2. The van der Waals surface area contributed by atoms with Gasteiger partial charge in [0.2, 0.25) is 5.88 Å². The summed E-state index contributed by atoms with van der Waals surface area (Å²) in [5.74, 6) is 1.86. The Bertz CT molecular complexity index is 825. The van der Waals surface area contributed by atoms with Gasteiger partial charge in [-0.2, -0.15) is 5.10 Å². The Hall–Kier alpha value is -2.42. The van der Waals surface area contributed by atoms with E-state index in [1.165, 1.54) is 11.1 Å². The van der Waals surface area contributed by atoms with Crippen LogP contribution in [0.5, 0.6) is 11.6 Å². The highest BCUT2D eigenvalue weighted by Crippen LogP contribution is 2.30. The number of aryl methyl sites for hydroxylation is 2. The lowest BCUT2D eigenvalue weighted by molar-refractivity contribution is 0.460. The zero-order valence-corrected chi connectivity index (χ0v) is 13.4. The Balaban J connectivity index is 2.00. The molecule has 3 heteroatoms. The van der Waals surface area contributed by atoms with Gasteiger partial charge in [-0.25, -0.2) is 0 Å². The minimum atomic E-state index is 0.508. The maximum Gasteiger partial charge on any atom is 0.246 e. The fourth-order valence-corrected chi connectivity index (χ4v) is 2.76. The van der Waals surface area contributed by atoms with E-state index in [-0.39, 0.29) is 0 Å². The van der Waals surface area contributed by atoms with Gasteiger partial charge in [-0.1, -0.05) is 38.1 Å². The summed E-state index contributed by atoms with van der Waals surface area (Å²) in [4.78, 5) is 0. The highest BCUT2D eigenvalue weighted by atomic mass is 16.5. The molecule has 112 valence electrons. The molecule has 0 spiro atoms. The monoisotopic (exact) mass is 292 g/mol. The van der Waals surface area contributed by atoms with E-state index in [0.717, 1.165) is 22.2 Å². The fraction of sp³-hybridized carbons (Fsp3) is 0.263. The van der Waals surface area contributed by atoms with E-state index in [1.807, 2.05) is 37.3 Å². The first-order valence-corrected chi connectivity index (χ1v) is 7.56. The Morgan fingerprint density at radius 1 is 0.909 bits per heavy atom. The summed E-state index contributed by atoms with van der Waals surface area (Å²) in [6, 6.07) is 14.2. The normalized spacial score (nSPS) is 11.1. The van der Waals surface area contributed by atoms with Crippen LogP contribution in [-0.2, 0) is 0 Å². The summed E-state index contributed by atoms with van der Waals surface area (Å²) in [6.45, 7) is 8.46. The molecule has 3 aromatic rings. The van der Waals surface area contributed by atoms with Crippen LogP contribution in [0.15, 0.2) is 42.5 Å². The maximum absolute atomic E-state index is 5.99. The minimum Gasteiger partial charge on any atom is -0.437 e. The van der Waals surface area contributed by atoms with Crippen molar-refractivity contribution in [3.63, 3.8) is 0 Å². The predicted molar refractivity (Wildman–Crippen MR) is 89.6 cm³/mol. The van der Waals surface area contributed by atoms with Gasteiger partial charge in [0, 0.05) is 10.8 Å². The summed E-state index contributed by atoms with van der Waals surface area (Å²) in [6.07, 6.45) is 0. The van der Waals surface area contributed by atoms with Gasteiger partial charge in [0.05, 0.1) is 5.69 Å². The molecule has 0 aliphatic heterocycles. The maximum atomic E-state index is 5.99. The van der Waals surface area contributed by atoms with E-state index in [4.69, 9.17) is 4.74 Å². The molecule has 1 aromatic heterocycles. The van der Waals surface area contributed by atoms with Crippen LogP contribution in [0.2, 0.25) is 0 Å². The third kappa shape index (κ3) is 2.67. The second kappa shape index (κ2) is 5.76. The fourth-order valence-electron chi connectivity index (χ4n) is 2.76. The van der Waals surface area contributed by atoms with Gasteiger partial charge < -0.3 is 4.74 Å². The predicted octanol–water partition coefficient (Wildman–Crippen LogP) is 5.16. The van der Waals surface area contributed by atoms with Crippen molar-refractivity contribution >= 4 is 10.8 Å². The van der Waals surface area contributed by atoms with Gasteiger partial charge in [-0.15, -0.1) is 5.10 Å². The van der Waals surface area contributed by atoms with Crippen LogP contribution in [0.4, 0.5) is 0 Å². The molecular weight excluding hydrogens is 272 g/mol. The Kier molecular flexibility index (Phi) is 3.80. The van der Waals surface area contributed by atoms with Crippen molar-refractivity contribution in [1.29, 1.82) is 0 Å². The molecule has 22 heavy (non-hydrogen) atoms. The lowest BCUT2D eigenvalue weighted by atomic mass is 9.98. The van der Waals surface area contributed by atoms with Crippen LogP contribution >= 0.6 is 0 Å². The van der Waals surface area contributed by atoms with Gasteiger partial charge in [-0.3, -0.25) is 0 Å². The molecule has 0 N–H and O–H groups in total. The number of nitrogens with zero attached hydrogens (tertiary/aromatic N) is 2. The average Bonchev–Trinajstić information content (AvgIpc) is 2.50. The van der Waals surface area contributed by atoms with E-state index in [9.17, 15) is 0 Å². The first-order chi connectivity index (χ1) is 10.6. The smallest absolute Gasteiger partial charge is 0.246 e. The molecule has 0 unspecified atom stereocenters. The summed E-state index contributed by atoms with van der Waals surface area (Å²) < 4.78 is 5.99. The summed E-state index contributed by atoms with van der Waals surface area (Å²) in [5, 5.41) is 10.5. The lowest BCUT2D eigenvalue weighted by Crippen LogP contribution is -1.97. The molecule has 0 saturated heterocycles. The van der Waals surface area contributed by atoms with Crippen LogP contribution in [-0.4, -0.2) is 10.2 Å². The largest absolute Gasteiger partial charge is 0.437 e. The second-order valence-corrected chi connectivity index (χ2v) is 5.91. The molecule has 0 bridgehead atoms. The van der Waals surface area contributed by atoms with Crippen LogP contribution in [0.3, 0.4) is 0 Å². The second-order valence-electron chi connectivity index (χ2n) is 5.91. The van der Waals surface area contributed by atoms with E-state index >= 15 is 0 Å². The molecule has 1 heterocycles. The molecule has 0 atom stereocenters. The van der Waals surface area contributed by atoms with Gasteiger partial charge in [0.15, 0.2) is 0 Å². The average molecular weight is 292 g/mol. The van der Waals surface area contributed by atoms with Crippen molar-refractivity contribution < 1.29 is 4.74 Å². The van der Waals surface area contributed by atoms with E-state index in [2.05, 4.69) is 43.1 Å². The number of hydrogen-bond donors (Lipinski definition) is 0. The van der Waals surface area contributed by atoms with Crippen molar-refractivity contribution in [2.45, 2.75) is 33.6 Å². The molecule has 0 aliphatic carbocycles. The molecular formula is C19H20N2O. The molecule has 0 radical (unpaired) electrons. The van der Waals surface area contributed by atoms with Gasteiger partial charge in [0.1, 0.15) is 5.75 Å². The van der Waals surface area contributed by atoms with Crippen LogP contribution in [0.25, 0.3) is 10.8 Å². The zero-order valence-electron chi connectivity index (χ0n) is 13.4. The lowest BCUT2D eigenvalue weighted by Gasteiger charge is -2.13. The van der Waals surface area contributed by atoms with Crippen molar-refractivity contribution in [1.82, 2.24) is 10.2 Å². The van der Waals surface area contributed by atoms with E-state index in [1.54, 1.807) is 0 Å². The molecule has 2 aromatic carbocycles. The number of benzene rings is 2. The summed E-state index contributed by atoms with van der Waals surface area (Å²) in [5.41, 5.74) is 3.48. The first kappa shape index (κ1) is 14.5. The highest BCUT2D eigenvalue weighted by molar-refractivity contribution is 5.88.